The lowest BCUT2D eigenvalue weighted by molar-refractivity contribution is -0.112. The molecule has 6 aromatic carbocycles. The second-order valence-electron chi connectivity index (χ2n) is 15.7. The number of anilines is 2. The molecule has 0 saturated carbocycles. The van der Waals surface area contributed by atoms with Gasteiger partial charge in [0, 0.05) is 63.8 Å². The number of hydrogen-bond acceptors (Lipinski definition) is 9. The minimum atomic E-state index is -1.72. The number of rotatable bonds is 15. The van der Waals surface area contributed by atoms with E-state index in [-0.39, 0.29) is 29.4 Å². The number of phenolic OH excluding ortho intramolecular Hbond substituents is 1. The Balaban J connectivity index is 0.000000325. The number of aliphatic hydroxyl groups is 1. The highest BCUT2D eigenvalue weighted by molar-refractivity contribution is 9.09. The number of aromatic hydroxyl groups is 1. The molecule has 1 amide bonds. The van der Waals surface area contributed by atoms with Crippen LogP contribution in [0.2, 0.25) is 0 Å². The van der Waals surface area contributed by atoms with Crippen LogP contribution in [0.25, 0.3) is 34.0 Å². The van der Waals surface area contributed by atoms with Gasteiger partial charge in [-0.25, -0.2) is 30.1 Å². The number of benzene rings is 6. The third-order valence-electron chi connectivity index (χ3n) is 9.62. The number of nitrogens with two attached hydrogens (primary N) is 1. The van der Waals surface area contributed by atoms with Gasteiger partial charge in [-0.05, 0) is 138 Å². The normalized spacial score (nSPS) is 10.0. The van der Waals surface area contributed by atoms with E-state index in [1.54, 1.807) is 67.8 Å². The van der Waals surface area contributed by atoms with Crippen molar-refractivity contribution in [1.82, 2.24) is 9.97 Å². The number of amides is 1. The molecule has 8 rings (SSSR count). The van der Waals surface area contributed by atoms with Gasteiger partial charge in [0.2, 0.25) is 22.3 Å². The van der Waals surface area contributed by atoms with Crippen molar-refractivity contribution in [2.45, 2.75) is 32.3 Å². The molecule has 0 aliphatic heterocycles. The van der Waals surface area contributed by atoms with Crippen LogP contribution in [0.3, 0.4) is 0 Å². The van der Waals surface area contributed by atoms with Crippen molar-refractivity contribution in [3.8, 4) is 17.2 Å². The largest absolute Gasteiger partial charge is 0.643 e. The van der Waals surface area contributed by atoms with Gasteiger partial charge in [0.25, 0.3) is 0 Å². The maximum Gasteiger partial charge on any atom is 0.643 e. The summed E-state index contributed by atoms with van der Waals surface area (Å²) in [6, 6.07) is 50.7. The molecule has 2 aromatic heterocycles. The Morgan fingerprint density at radius 3 is 1.65 bits per heavy atom. The molecule has 0 fully saturated rings. The van der Waals surface area contributed by atoms with E-state index < -0.39 is 16.6 Å². The second-order valence-corrected chi connectivity index (χ2v) is 24.8. The van der Waals surface area contributed by atoms with Crippen molar-refractivity contribution in [3.63, 3.8) is 0 Å². The zero-order valence-electron chi connectivity index (χ0n) is 42.5. The van der Waals surface area contributed by atoms with Crippen LogP contribution in [-0.4, -0.2) is 72.4 Å². The number of aromatic amines is 2. The Morgan fingerprint density at radius 1 is 0.628 bits per heavy atom. The van der Waals surface area contributed by atoms with E-state index in [0.29, 0.717) is 17.8 Å². The Morgan fingerprint density at radius 2 is 1.14 bits per heavy atom. The summed E-state index contributed by atoms with van der Waals surface area (Å²) in [5, 5.41) is 25.6. The van der Waals surface area contributed by atoms with Crippen LogP contribution >= 0.6 is 89.5 Å². The van der Waals surface area contributed by atoms with Crippen molar-refractivity contribution >= 4 is 157 Å². The maximum absolute atomic E-state index is 11.7. The van der Waals surface area contributed by atoms with Crippen LogP contribution in [0.5, 0.6) is 17.2 Å². The van der Waals surface area contributed by atoms with Gasteiger partial charge in [-0.3, -0.25) is 19.2 Å². The standard InChI is InChI=1S/C16H15NO2.C13H14BrNO2.C9H7ClO.C9H7NO2.C7H9NO.C4H8Br2.Al.3ClH/c18-12-14-7-4-8-15(11-14)17-16(19)10-9-13-5-2-1-3-6-13;14-7-1-2-8-17-11-5-3-10-4-6-13(16)15-12(10)9-11;10-9(11)7-6-8-4-2-1-3-5-8;11-7-3-1-6-2-4-9(12)10-8(6)5-7;1-9-7-4-2-3-6(8)5-7;5-3-1-2-4-6;;;;/h1-11,18H,12H2,(H,17,19);3-6,9H,1-2,7-8H2,(H,15,16);1-7H;1-5,11H,(H,10,12);2-5H,8H2,1H3;1-4H2;;3*1H/q;;;;;;+3;;;/p-3/b10-9+;;7-6+;;;;;;;. The molecule has 7 N–H and O–H groups in total. The Kier molecular flexibility index (Phi) is 37.5. The molecule has 412 valence electrons. The summed E-state index contributed by atoms with van der Waals surface area (Å²) in [7, 11) is 16.5. The topological polar surface area (TPSA) is 197 Å². The number of unbranched alkanes of at least 4 members (excludes halogenated alkanes) is 2. The number of nitrogens with one attached hydrogen (secondary N) is 3. The van der Waals surface area contributed by atoms with Crippen molar-refractivity contribution in [2.75, 3.05) is 40.8 Å². The number of phenols is 1. The van der Waals surface area contributed by atoms with Crippen molar-refractivity contribution in [2.24, 2.45) is 0 Å². The molecule has 0 atom stereocenters. The lowest BCUT2D eigenvalue weighted by Gasteiger charge is -2.06. The second kappa shape index (κ2) is 42.6. The fraction of sp³-hybridized carbons (Fsp3) is 0.172. The third-order valence-corrected chi connectivity index (χ3v) is 11.4. The zero-order chi connectivity index (χ0) is 57.3. The molecule has 0 bridgehead atoms. The van der Waals surface area contributed by atoms with Gasteiger partial charge in [0.05, 0.1) is 31.4 Å². The molecule has 20 heteroatoms. The zero-order valence-corrected chi connectivity index (χ0v) is 51.4. The number of aliphatic hydroxyl groups excluding tert-OH is 1. The van der Waals surface area contributed by atoms with Gasteiger partial charge in [-0.15, -0.1) is 0 Å². The third kappa shape index (κ3) is 33.2. The van der Waals surface area contributed by atoms with E-state index in [1.165, 1.54) is 43.2 Å². The number of pyridine rings is 2. The molecule has 0 spiro atoms. The molecule has 0 aliphatic rings. The summed E-state index contributed by atoms with van der Waals surface area (Å²) < 4.78 is 10.5. The smallest absolute Gasteiger partial charge is 0.508 e. The summed E-state index contributed by atoms with van der Waals surface area (Å²) in [5.74, 6) is 1.56. The average molecular weight is 1350 g/mol. The number of ether oxygens (including phenoxy) is 2. The molecule has 0 unspecified atom stereocenters. The molecule has 0 radical (unpaired) electrons. The monoisotopic (exact) mass is 1340 g/mol. The molecule has 0 saturated heterocycles. The first-order chi connectivity index (χ1) is 37.6. The number of aromatic nitrogens is 2. The summed E-state index contributed by atoms with van der Waals surface area (Å²) in [6.45, 7) is 0.664. The van der Waals surface area contributed by atoms with E-state index in [9.17, 15) is 19.2 Å². The van der Waals surface area contributed by atoms with E-state index in [1.807, 2.05) is 103 Å². The van der Waals surface area contributed by atoms with Gasteiger partial charge in [0.15, 0.2) is 0 Å². The van der Waals surface area contributed by atoms with Gasteiger partial charge in [0.1, 0.15) is 17.2 Å². The van der Waals surface area contributed by atoms with Crippen LogP contribution in [0.4, 0.5) is 11.4 Å². The maximum atomic E-state index is 11.7. The van der Waals surface area contributed by atoms with E-state index in [4.69, 9.17) is 67.2 Å². The van der Waals surface area contributed by atoms with E-state index in [0.717, 1.165) is 79.0 Å². The van der Waals surface area contributed by atoms with Gasteiger partial charge in [-0.2, -0.15) is 0 Å². The van der Waals surface area contributed by atoms with Crippen molar-refractivity contribution in [1.29, 1.82) is 0 Å². The first-order valence-electron chi connectivity index (χ1n) is 23.8. The number of fused-ring (bicyclic) bond motifs is 2. The first kappa shape index (κ1) is 68.8. The summed E-state index contributed by atoms with van der Waals surface area (Å²) >= 11 is 13.4. The Hall–Kier alpha value is -5.35. The fourth-order valence-corrected chi connectivity index (χ4v) is 7.22. The number of methoxy groups -OCH3 is 1. The highest BCUT2D eigenvalue weighted by Crippen LogP contribution is 2.19. The molecule has 0 aliphatic carbocycles. The predicted molar refractivity (Wildman–Crippen MR) is 340 cm³/mol. The number of carbonyl (C=O) groups is 2. The Labute approximate surface area is 502 Å². The van der Waals surface area contributed by atoms with E-state index >= 15 is 0 Å². The number of carbonyl (C=O) groups excluding carboxylic acids is 2. The lowest BCUT2D eigenvalue weighted by atomic mass is 10.2. The molecular weight excluding hydrogens is 1290 g/mol. The molecule has 2 heterocycles. The SMILES string of the molecule is BrCCCCBr.COc1cccc(N)c1.O=C(/C=C/c1ccccc1)Nc1cccc(CO)c1.O=C(Cl)/C=C/c1ccccc1.O=c1ccc2ccc(O)cc2[nH]1.O=c1ccc2ccc(OCCCCBr)cc2[nH]1.[Cl][Al]([Cl])[Cl]. The average Bonchev–Trinajstić information content (AvgIpc) is 3.44. The number of alkyl halides is 3. The lowest BCUT2D eigenvalue weighted by Crippen LogP contribution is -2.07. The molecule has 8 aromatic rings. The summed E-state index contributed by atoms with van der Waals surface area (Å²) in [4.78, 5) is 49.5. The number of H-pyrrole nitrogens is 2. The van der Waals surface area contributed by atoms with Crippen LogP contribution in [0.1, 0.15) is 42.4 Å². The van der Waals surface area contributed by atoms with Gasteiger partial charge in [-0.1, -0.05) is 133 Å². The van der Waals surface area contributed by atoms with Crippen molar-refractivity contribution in [3.05, 3.63) is 219 Å². The predicted octanol–water partition coefficient (Wildman–Crippen LogP) is 15.1. The van der Waals surface area contributed by atoms with Crippen molar-refractivity contribution < 1.29 is 29.3 Å². The highest BCUT2D eigenvalue weighted by atomic mass is 79.9. The van der Waals surface area contributed by atoms with Gasteiger partial charge >= 0.3 is 11.4 Å². The fourth-order valence-electron chi connectivity index (χ4n) is 5.97. The number of halogens is 7. The highest BCUT2D eigenvalue weighted by Gasteiger charge is 2.02. The Bertz CT molecular complexity index is 3130. The van der Waals surface area contributed by atoms with Crippen LogP contribution in [0, 0.1) is 0 Å². The van der Waals surface area contributed by atoms with Crippen LogP contribution in [-0.2, 0) is 16.2 Å². The van der Waals surface area contributed by atoms with Crippen LogP contribution < -0.4 is 31.6 Å². The first-order valence-corrected chi connectivity index (χ1v) is 32.8. The molecule has 78 heavy (non-hydrogen) atoms. The number of nitrogen functional groups attached to an aromatic ring is 1. The number of allylic oxidation sites excluding steroid dienone is 1. The summed E-state index contributed by atoms with van der Waals surface area (Å²) in [5.41, 5.74) is 10.8. The van der Waals surface area contributed by atoms with Gasteiger partial charge < -0.3 is 40.7 Å². The molecular formula is C58H60AlBr3Cl4N4O8. The quantitative estimate of drug-likeness (QED) is 0.0144. The van der Waals surface area contributed by atoms with E-state index in [2.05, 4.69) is 63.1 Å². The van der Waals surface area contributed by atoms with Crippen LogP contribution in [0.15, 0.2) is 192 Å². The minimum Gasteiger partial charge on any atom is -0.508 e. The summed E-state index contributed by atoms with van der Waals surface area (Å²) in [6.07, 6.45) is 10.9. The number of hydrogen-bond donors (Lipinski definition) is 6. The molecule has 12 nitrogen and oxygen atoms in total. The minimum absolute atomic E-state index is 0.0381.